The molecule has 2 aromatic rings. The first-order valence-corrected chi connectivity index (χ1v) is 7.47. The quantitative estimate of drug-likeness (QED) is 0.500. The molecule has 0 aliphatic heterocycles. The van der Waals surface area contributed by atoms with Gasteiger partial charge in [0, 0.05) is 40.3 Å². The molecule has 0 amide bonds. The van der Waals surface area contributed by atoms with Crippen LogP contribution in [0.1, 0.15) is 0 Å². The fourth-order valence-electron chi connectivity index (χ4n) is 1.49. The van der Waals surface area contributed by atoms with Crippen molar-refractivity contribution < 1.29 is 17.7 Å². The molecule has 0 aliphatic rings. The average Bonchev–Trinajstić information content (AvgIpc) is 2.33. The van der Waals surface area contributed by atoms with Crippen LogP contribution in [0, 0.1) is 0 Å². The van der Waals surface area contributed by atoms with Crippen molar-refractivity contribution in [3.63, 3.8) is 0 Å². The fourth-order valence-corrected chi connectivity index (χ4v) is 2.59. The second kappa shape index (κ2) is 7.19. The number of hydrogen-bond donors (Lipinski definition) is 2. The van der Waals surface area contributed by atoms with Crippen LogP contribution < -0.4 is 10.5 Å². The predicted molar refractivity (Wildman–Crippen MR) is 83.0 cm³/mol. The van der Waals surface area contributed by atoms with Gasteiger partial charge in [-0.25, -0.2) is 0 Å². The van der Waals surface area contributed by atoms with E-state index in [1.807, 2.05) is 0 Å². The van der Waals surface area contributed by atoms with Gasteiger partial charge in [-0.15, -0.1) is 0 Å². The molecule has 0 aromatic heterocycles. The Hall–Kier alpha value is -0.470. The Bertz CT molecular complexity index is 768. The SMILES string of the molecule is Nc1ccc(Oc2ccc(Cl)cc2S(=O)(=O)O)c(Cl)c1.[Na]. The van der Waals surface area contributed by atoms with Crippen LogP contribution in [-0.4, -0.2) is 42.5 Å². The van der Waals surface area contributed by atoms with Crippen molar-refractivity contribution in [1.82, 2.24) is 0 Å². The normalized spacial score (nSPS) is 10.8. The first-order valence-electron chi connectivity index (χ1n) is 5.27. The summed E-state index contributed by atoms with van der Waals surface area (Å²) in [5.74, 6) is 0.108. The van der Waals surface area contributed by atoms with Crippen molar-refractivity contribution in [2.75, 3.05) is 5.73 Å². The summed E-state index contributed by atoms with van der Waals surface area (Å²) in [6.07, 6.45) is 0. The summed E-state index contributed by atoms with van der Waals surface area (Å²) in [5.41, 5.74) is 5.98. The van der Waals surface area contributed by atoms with Gasteiger partial charge in [0.2, 0.25) is 0 Å². The molecule has 0 saturated heterocycles. The van der Waals surface area contributed by atoms with Crippen LogP contribution in [0.5, 0.6) is 11.5 Å². The molecule has 0 atom stereocenters. The first-order chi connectivity index (χ1) is 9.27. The van der Waals surface area contributed by atoms with Crippen molar-refractivity contribution in [2.45, 2.75) is 4.90 Å². The van der Waals surface area contributed by atoms with Crippen molar-refractivity contribution in [2.24, 2.45) is 0 Å². The van der Waals surface area contributed by atoms with Crippen molar-refractivity contribution in [3.8, 4) is 11.5 Å². The standard InChI is InChI=1S/C12H9Cl2NO4S.Na/c13-7-1-3-11(12(5-7)20(16,17)18)19-10-4-2-8(15)6-9(10)14;/h1-6H,15H2,(H,16,17,18);. The second-order valence-electron chi connectivity index (χ2n) is 3.86. The Morgan fingerprint density at radius 1 is 1.05 bits per heavy atom. The molecule has 2 rings (SSSR count). The van der Waals surface area contributed by atoms with Gasteiger partial charge < -0.3 is 10.5 Å². The largest absolute Gasteiger partial charge is 0.454 e. The molecule has 0 aliphatic carbocycles. The van der Waals surface area contributed by atoms with Crippen LogP contribution >= 0.6 is 23.2 Å². The van der Waals surface area contributed by atoms with E-state index in [1.165, 1.54) is 24.3 Å². The van der Waals surface area contributed by atoms with Gasteiger partial charge in [0.1, 0.15) is 16.4 Å². The van der Waals surface area contributed by atoms with Crippen LogP contribution in [0.15, 0.2) is 41.3 Å². The van der Waals surface area contributed by atoms with E-state index < -0.39 is 15.0 Å². The molecule has 5 nitrogen and oxygen atoms in total. The molecule has 9 heteroatoms. The number of nitrogens with two attached hydrogens (primary N) is 1. The molecule has 0 saturated carbocycles. The number of ether oxygens (including phenoxy) is 1. The van der Waals surface area contributed by atoms with E-state index in [2.05, 4.69) is 0 Å². The van der Waals surface area contributed by atoms with E-state index in [4.69, 9.17) is 38.2 Å². The number of halogens is 2. The van der Waals surface area contributed by atoms with E-state index in [0.717, 1.165) is 6.07 Å². The maximum Gasteiger partial charge on any atom is 0.298 e. The number of benzene rings is 2. The van der Waals surface area contributed by atoms with Crippen molar-refractivity contribution in [3.05, 3.63) is 46.4 Å². The van der Waals surface area contributed by atoms with Crippen molar-refractivity contribution >= 4 is 68.6 Å². The van der Waals surface area contributed by atoms with E-state index >= 15 is 0 Å². The van der Waals surface area contributed by atoms with Crippen LogP contribution in [0.2, 0.25) is 10.0 Å². The molecule has 0 heterocycles. The minimum absolute atomic E-state index is 0. The molecular formula is C12H9Cl2NNaO4S. The summed E-state index contributed by atoms with van der Waals surface area (Å²) in [6, 6.07) is 8.32. The average molecular weight is 357 g/mol. The maximum absolute atomic E-state index is 11.3. The number of hydrogen-bond acceptors (Lipinski definition) is 4. The molecule has 21 heavy (non-hydrogen) atoms. The molecule has 3 N–H and O–H groups in total. The maximum atomic E-state index is 11.3. The van der Waals surface area contributed by atoms with Gasteiger partial charge in [-0.2, -0.15) is 8.42 Å². The molecule has 0 spiro atoms. The van der Waals surface area contributed by atoms with Gasteiger partial charge in [-0.3, -0.25) is 4.55 Å². The molecule has 1 radical (unpaired) electrons. The van der Waals surface area contributed by atoms with Crippen molar-refractivity contribution in [1.29, 1.82) is 0 Å². The summed E-state index contributed by atoms with van der Waals surface area (Å²) in [7, 11) is -4.47. The van der Waals surface area contributed by atoms with Gasteiger partial charge in [0.05, 0.1) is 5.02 Å². The number of nitrogen functional groups attached to an aromatic ring is 1. The van der Waals surface area contributed by atoms with Gasteiger partial charge in [0.15, 0.2) is 0 Å². The smallest absolute Gasteiger partial charge is 0.298 e. The van der Waals surface area contributed by atoms with Gasteiger partial charge in [-0.05, 0) is 36.4 Å². The predicted octanol–water partition coefficient (Wildman–Crippen LogP) is 3.23. The van der Waals surface area contributed by atoms with Crippen LogP contribution in [0.3, 0.4) is 0 Å². The Kier molecular flexibility index (Phi) is 6.36. The van der Waals surface area contributed by atoms with Crippen LogP contribution in [-0.2, 0) is 10.1 Å². The topological polar surface area (TPSA) is 89.6 Å². The van der Waals surface area contributed by atoms with Gasteiger partial charge in [0.25, 0.3) is 10.1 Å². The third-order valence-electron chi connectivity index (χ3n) is 2.36. The molecule has 0 fully saturated rings. The van der Waals surface area contributed by atoms with E-state index in [0.29, 0.717) is 5.69 Å². The third-order valence-corrected chi connectivity index (χ3v) is 3.76. The summed E-state index contributed by atoms with van der Waals surface area (Å²) in [6.45, 7) is 0. The molecular weight excluding hydrogens is 348 g/mol. The zero-order chi connectivity index (χ0) is 14.9. The number of rotatable bonds is 3. The van der Waals surface area contributed by atoms with Gasteiger partial charge in [-0.1, -0.05) is 23.2 Å². The molecule has 0 bridgehead atoms. The van der Waals surface area contributed by atoms with E-state index in [9.17, 15) is 8.42 Å². The van der Waals surface area contributed by atoms with Crippen LogP contribution in [0.4, 0.5) is 5.69 Å². The Morgan fingerprint density at radius 2 is 1.67 bits per heavy atom. The van der Waals surface area contributed by atoms with E-state index in [1.54, 1.807) is 6.07 Å². The summed E-state index contributed by atoms with van der Waals surface area (Å²) in [5, 5.41) is 0.356. The summed E-state index contributed by atoms with van der Waals surface area (Å²) in [4.78, 5) is -0.446. The minimum Gasteiger partial charge on any atom is -0.454 e. The zero-order valence-corrected chi connectivity index (χ0v) is 15.2. The Morgan fingerprint density at radius 3 is 2.24 bits per heavy atom. The third kappa shape index (κ3) is 4.75. The molecule has 2 aromatic carbocycles. The monoisotopic (exact) mass is 356 g/mol. The van der Waals surface area contributed by atoms with Gasteiger partial charge >= 0.3 is 0 Å². The first kappa shape index (κ1) is 18.6. The molecule has 107 valence electrons. The zero-order valence-electron chi connectivity index (χ0n) is 10.9. The molecule has 0 unspecified atom stereocenters. The number of anilines is 1. The minimum atomic E-state index is -4.47. The Balaban J connectivity index is 0.00000220. The summed E-state index contributed by atoms with van der Waals surface area (Å²) < 4.78 is 37.2. The van der Waals surface area contributed by atoms with E-state index in [-0.39, 0.29) is 51.1 Å². The second-order valence-corrected chi connectivity index (χ2v) is 6.09. The van der Waals surface area contributed by atoms with Crippen LogP contribution in [0.25, 0.3) is 0 Å². The summed E-state index contributed by atoms with van der Waals surface area (Å²) >= 11 is 11.6. The fraction of sp³-hybridized carbons (Fsp3) is 0. The Labute approximate surface area is 154 Å².